The van der Waals surface area contributed by atoms with Gasteiger partial charge in [-0.05, 0) is 50.8 Å². The van der Waals surface area contributed by atoms with Crippen LogP contribution in [-0.2, 0) is 0 Å². The highest BCUT2D eigenvalue weighted by molar-refractivity contribution is 6.33. The van der Waals surface area contributed by atoms with Crippen LogP contribution in [0.1, 0.15) is 41.7 Å². The summed E-state index contributed by atoms with van der Waals surface area (Å²) in [6, 6.07) is 5.68. The molecule has 1 amide bonds. The highest BCUT2D eigenvalue weighted by Crippen LogP contribution is 2.27. The Balaban J connectivity index is 1.75. The molecule has 1 N–H and O–H groups in total. The Morgan fingerprint density at radius 2 is 2.15 bits per heavy atom. The number of carbonyl (C=O) groups is 1. The van der Waals surface area contributed by atoms with Gasteiger partial charge in [0.15, 0.2) is 0 Å². The summed E-state index contributed by atoms with van der Waals surface area (Å²) in [4.78, 5) is 23.4. The highest BCUT2D eigenvalue weighted by Gasteiger charge is 2.27. The van der Waals surface area contributed by atoms with Crippen LogP contribution in [0.2, 0.25) is 5.02 Å². The summed E-state index contributed by atoms with van der Waals surface area (Å²) in [6.07, 6.45) is 7.26. The number of alkyl halides is 1. The minimum absolute atomic E-state index is 0.0298. The second kappa shape index (κ2) is 8.69. The molecule has 3 rings (SSSR count). The summed E-state index contributed by atoms with van der Waals surface area (Å²) in [5, 5.41) is 3.53. The number of aromatic nitrogens is 2. The lowest BCUT2D eigenvalue weighted by Crippen LogP contribution is -2.44. The molecule has 1 atom stereocenters. The van der Waals surface area contributed by atoms with Crippen molar-refractivity contribution in [1.29, 1.82) is 0 Å². The van der Waals surface area contributed by atoms with E-state index in [0.717, 1.165) is 43.6 Å². The lowest BCUT2D eigenvalue weighted by molar-refractivity contribution is 0.0609. The molecule has 1 aliphatic rings. The topological polar surface area (TPSA) is 58.1 Å². The molecule has 0 bridgehead atoms. The molecule has 0 spiro atoms. The number of amides is 1. The molecule has 1 aliphatic heterocycles. The molecular weight excluding hydrogens is 371 g/mol. The molecule has 5 nitrogen and oxygen atoms in total. The Bertz CT molecular complexity index is 765. The smallest absolute Gasteiger partial charge is 0.255 e. The largest absolute Gasteiger partial charge is 0.338 e. The van der Waals surface area contributed by atoms with Crippen molar-refractivity contribution in [3.8, 4) is 0 Å². The maximum Gasteiger partial charge on any atom is 0.255 e. The molecular formula is C19H22Cl2N4O. The van der Waals surface area contributed by atoms with Crippen LogP contribution in [0.5, 0.6) is 0 Å². The number of pyridine rings is 2. The summed E-state index contributed by atoms with van der Waals surface area (Å²) < 4.78 is 0. The molecule has 26 heavy (non-hydrogen) atoms. The molecule has 0 aliphatic carbocycles. The summed E-state index contributed by atoms with van der Waals surface area (Å²) in [5.41, 5.74) is 2.23. The van der Waals surface area contributed by atoms with Crippen molar-refractivity contribution < 1.29 is 4.79 Å². The van der Waals surface area contributed by atoms with Crippen molar-refractivity contribution in [3.05, 3.63) is 46.9 Å². The number of aryl methyl sites for hydroxylation is 1. The molecule has 2 aromatic rings. The van der Waals surface area contributed by atoms with Crippen molar-refractivity contribution >= 4 is 40.6 Å². The van der Waals surface area contributed by atoms with E-state index in [1.807, 2.05) is 24.0 Å². The summed E-state index contributed by atoms with van der Waals surface area (Å²) in [6.45, 7) is 2.68. The lowest BCUT2D eigenvalue weighted by atomic mass is 9.99. The second-order valence-electron chi connectivity index (χ2n) is 6.49. The van der Waals surface area contributed by atoms with E-state index >= 15 is 0 Å². The van der Waals surface area contributed by atoms with Gasteiger partial charge in [0.2, 0.25) is 0 Å². The molecule has 0 radical (unpaired) electrons. The number of anilines is 2. The number of carbonyl (C=O) groups excluding carboxylic acids is 1. The van der Waals surface area contributed by atoms with Crippen LogP contribution in [0.15, 0.2) is 30.6 Å². The number of nitrogens with zero attached hydrogens (tertiary/aromatic N) is 3. The lowest BCUT2D eigenvalue weighted by Gasteiger charge is -2.35. The molecule has 2 aromatic heterocycles. The fraction of sp³-hybridized carbons (Fsp3) is 0.421. The zero-order valence-corrected chi connectivity index (χ0v) is 16.2. The van der Waals surface area contributed by atoms with Gasteiger partial charge in [0.25, 0.3) is 5.91 Å². The minimum atomic E-state index is -0.0298. The molecule has 138 valence electrons. The van der Waals surface area contributed by atoms with Gasteiger partial charge in [-0.3, -0.25) is 9.78 Å². The molecule has 0 aromatic carbocycles. The first-order valence-electron chi connectivity index (χ1n) is 8.80. The van der Waals surface area contributed by atoms with Crippen LogP contribution in [0.4, 0.5) is 11.5 Å². The van der Waals surface area contributed by atoms with Crippen molar-refractivity contribution in [3.63, 3.8) is 0 Å². The third-order valence-electron chi connectivity index (χ3n) is 4.59. The predicted molar refractivity (Wildman–Crippen MR) is 106 cm³/mol. The summed E-state index contributed by atoms with van der Waals surface area (Å²) in [7, 11) is 0. The van der Waals surface area contributed by atoms with Crippen LogP contribution in [0, 0.1) is 6.92 Å². The Labute approximate surface area is 163 Å². The van der Waals surface area contributed by atoms with E-state index in [9.17, 15) is 4.79 Å². The number of rotatable bonds is 5. The first-order chi connectivity index (χ1) is 12.6. The van der Waals surface area contributed by atoms with E-state index in [1.54, 1.807) is 18.5 Å². The average Bonchev–Trinajstić information content (AvgIpc) is 2.65. The van der Waals surface area contributed by atoms with E-state index in [1.165, 1.54) is 0 Å². The van der Waals surface area contributed by atoms with Crippen LogP contribution in [-0.4, -0.2) is 39.2 Å². The number of likely N-dealkylation sites (tertiary alicyclic amines) is 1. The van der Waals surface area contributed by atoms with Gasteiger partial charge < -0.3 is 10.2 Å². The van der Waals surface area contributed by atoms with E-state index in [4.69, 9.17) is 23.2 Å². The van der Waals surface area contributed by atoms with Crippen LogP contribution in [0.25, 0.3) is 0 Å². The number of nitrogens with one attached hydrogen (secondary N) is 1. The van der Waals surface area contributed by atoms with Gasteiger partial charge in [-0.1, -0.05) is 11.6 Å². The fourth-order valence-electron chi connectivity index (χ4n) is 3.19. The predicted octanol–water partition coefficient (Wildman–Crippen LogP) is 4.81. The molecule has 1 saturated heterocycles. The van der Waals surface area contributed by atoms with Gasteiger partial charge in [0.05, 0.1) is 22.5 Å². The number of halogens is 2. The molecule has 3 heterocycles. The maximum absolute atomic E-state index is 12.9. The van der Waals surface area contributed by atoms with Crippen molar-refractivity contribution in [2.45, 2.75) is 38.6 Å². The van der Waals surface area contributed by atoms with E-state index in [-0.39, 0.29) is 11.9 Å². The minimum Gasteiger partial charge on any atom is -0.338 e. The SMILES string of the molecule is Cc1ccc(Nc2ncc(C(=O)N3CCCCC3CCCl)cc2Cl)cn1. The van der Waals surface area contributed by atoms with E-state index in [2.05, 4.69) is 15.3 Å². The second-order valence-corrected chi connectivity index (χ2v) is 7.28. The van der Waals surface area contributed by atoms with Crippen molar-refractivity contribution in [2.24, 2.45) is 0 Å². The number of piperidine rings is 1. The Hall–Kier alpha value is -1.85. The van der Waals surface area contributed by atoms with Gasteiger partial charge in [0, 0.05) is 30.4 Å². The van der Waals surface area contributed by atoms with E-state index in [0.29, 0.717) is 22.3 Å². The first-order valence-corrected chi connectivity index (χ1v) is 9.72. The Morgan fingerprint density at radius 3 is 2.85 bits per heavy atom. The summed E-state index contributed by atoms with van der Waals surface area (Å²) >= 11 is 12.3. The monoisotopic (exact) mass is 392 g/mol. The van der Waals surface area contributed by atoms with Crippen molar-refractivity contribution in [2.75, 3.05) is 17.7 Å². The van der Waals surface area contributed by atoms with Gasteiger partial charge in [-0.25, -0.2) is 4.98 Å². The van der Waals surface area contributed by atoms with Gasteiger partial charge in [-0.2, -0.15) is 0 Å². The van der Waals surface area contributed by atoms with Crippen LogP contribution >= 0.6 is 23.2 Å². The zero-order chi connectivity index (χ0) is 18.5. The highest BCUT2D eigenvalue weighted by atomic mass is 35.5. The summed E-state index contributed by atoms with van der Waals surface area (Å²) in [5.74, 6) is 1.03. The molecule has 1 unspecified atom stereocenters. The Kier molecular flexibility index (Phi) is 6.33. The third kappa shape index (κ3) is 4.46. The van der Waals surface area contributed by atoms with Gasteiger partial charge in [0.1, 0.15) is 5.82 Å². The Morgan fingerprint density at radius 1 is 1.31 bits per heavy atom. The quantitative estimate of drug-likeness (QED) is 0.741. The maximum atomic E-state index is 12.9. The van der Waals surface area contributed by atoms with Gasteiger partial charge in [-0.15, -0.1) is 11.6 Å². The fourth-order valence-corrected chi connectivity index (χ4v) is 3.65. The average molecular weight is 393 g/mol. The molecule has 0 saturated carbocycles. The third-order valence-corrected chi connectivity index (χ3v) is 5.10. The number of hydrogen-bond acceptors (Lipinski definition) is 4. The number of hydrogen-bond donors (Lipinski definition) is 1. The van der Waals surface area contributed by atoms with Gasteiger partial charge >= 0.3 is 0 Å². The van der Waals surface area contributed by atoms with Crippen LogP contribution < -0.4 is 5.32 Å². The van der Waals surface area contributed by atoms with E-state index < -0.39 is 0 Å². The standard InChI is InChI=1S/C19H22Cl2N4O/c1-13-5-6-15(12-22-13)24-18-17(21)10-14(11-23-18)19(26)25-9-3-2-4-16(25)7-8-20/h5-6,10-12,16H,2-4,7-9H2,1H3,(H,23,24). The van der Waals surface area contributed by atoms with Crippen molar-refractivity contribution in [1.82, 2.24) is 14.9 Å². The molecule has 1 fully saturated rings. The van der Waals surface area contributed by atoms with Crippen LogP contribution in [0.3, 0.4) is 0 Å². The first kappa shape index (κ1) is 18.9. The normalized spacial score (nSPS) is 17.2. The zero-order valence-electron chi connectivity index (χ0n) is 14.7. The molecule has 7 heteroatoms.